The third-order valence-electron chi connectivity index (χ3n) is 2.87. The molecule has 0 spiro atoms. The lowest BCUT2D eigenvalue weighted by Crippen LogP contribution is -2.44. The molecule has 1 heterocycles. The first-order valence-corrected chi connectivity index (χ1v) is 6.20. The Hall–Kier alpha value is -0.770. The summed E-state index contributed by atoms with van der Waals surface area (Å²) in [5, 5.41) is 2.34. The number of nitrogens with zero attached hydrogens (tertiary/aromatic N) is 1. The Kier molecular flexibility index (Phi) is 5.06. The van der Waals surface area contributed by atoms with Crippen molar-refractivity contribution in [2.24, 2.45) is 5.92 Å². The first-order chi connectivity index (χ1) is 7.56. The van der Waals surface area contributed by atoms with Gasteiger partial charge >= 0.3 is 0 Å². The molecule has 0 aromatic heterocycles. The van der Waals surface area contributed by atoms with Gasteiger partial charge in [0, 0.05) is 25.6 Å². The number of nitrogens with one attached hydrogen (secondary N) is 1. The Labute approximate surface area is 101 Å². The van der Waals surface area contributed by atoms with Crippen LogP contribution in [0.1, 0.15) is 26.7 Å². The molecule has 1 unspecified atom stereocenters. The molecule has 1 N–H and O–H groups in total. The number of carbonyl (C=O) groups is 2. The summed E-state index contributed by atoms with van der Waals surface area (Å²) in [6, 6.07) is 0. The number of carbonyl (C=O) groups excluding carboxylic acids is 2. The number of halogens is 1. The van der Waals surface area contributed by atoms with Crippen LogP contribution in [0.4, 0.5) is 0 Å². The monoisotopic (exact) mass is 246 g/mol. The van der Waals surface area contributed by atoms with Crippen molar-refractivity contribution in [1.82, 2.24) is 10.2 Å². The van der Waals surface area contributed by atoms with Crippen LogP contribution >= 0.6 is 11.6 Å². The lowest BCUT2D eigenvalue weighted by atomic mass is 9.96. The van der Waals surface area contributed by atoms with Gasteiger partial charge in [-0.25, -0.2) is 0 Å². The Morgan fingerprint density at radius 2 is 2.00 bits per heavy atom. The van der Waals surface area contributed by atoms with E-state index < -0.39 is 5.38 Å². The smallest absolute Gasteiger partial charge is 0.240 e. The second kappa shape index (κ2) is 6.09. The molecule has 0 saturated carbocycles. The van der Waals surface area contributed by atoms with Crippen molar-refractivity contribution in [2.45, 2.75) is 32.1 Å². The van der Waals surface area contributed by atoms with Crippen LogP contribution in [0, 0.1) is 5.92 Å². The molecule has 1 aliphatic rings. The minimum absolute atomic E-state index is 0.0315. The summed E-state index contributed by atoms with van der Waals surface area (Å²) < 4.78 is 0. The maximum Gasteiger partial charge on any atom is 0.240 e. The van der Waals surface area contributed by atoms with Gasteiger partial charge < -0.3 is 10.2 Å². The Morgan fingerprint density at radius 1 is 1.44 bits per heavy atom. The van der Waals surface area contributed by atoms with Crippen molar-refractivity contribution in [1.29, 1.82) is 0 Å². The molecule has 1 saturated heterocycles. The van der Waals surface area contributed by atoms with Gasteiger partial charge in [-0.3, -0.25) is 9.59 Å². The molecule has 0 aliphatic carbocycles. The standard InChI is InChI=1S/C11H19ClN2O2/c1-3-13-10(15)9-4-6-14(7-5-9)11(16)8(2)12/h8-9H,3-7H2,1-2H3,(H,13,15). The van der Waals surface area contributed by atoms with Crippen molar-refractivity contribution in [3.63, 3.8) is 0 Å². The molecule has 0 bridgehead atoms. The quantitative estimate of drug-likeness (QED) is 0.755. The largest absolute Gasteiger partial charge is 0.356 e. The van der Waals surface area contributed by atoms with Gasteiger partial charge in [-0.15, -0.1) is 11.6 Å². The minimum Gasteiger partial charge on any atom is -0.356 e. The molecule has 4 nitrogen and oxygen atoms in total. The van der Waals surface area contributed by atoms with Crippen LogP contribution in [-0.2, 0) is 9.59 Å². The average molecular weight is 247 g/mol. The third-order valence-corrected chi connectivity index (χ3v) is 3.06. The summed E-state index contributed by atoms with van der Waals surface area (Å²) in [6.07, 6.45) is 1.47. The van der Waals surface area contributed by atoms with Crippen LogP contribution in [0.5, 0.6) is 0 Å². The van der Waals surface area contributed by atoms with Crippen LogP contribution in [0.15, 0.2) is 0 Å². The van der Waals surface area contributed by atoms with E-state index in [9.17, 15) is 9.59 Å². The molecule has 2 amide bonds. The molecular formula is C11H19ClN2O2. The normalized spacial score (nSPS) is 19.3. The fourth-order valence-corrected chi connectivity index (χ4v) is 2.07. The highest BCUT2D eigenvalue weighted by molar-refractivity contribution is 6.30. The highest BCUT2D eigenvalue weighted by atomic mass is 35.5. The summed E-state index contributed by atoms with van der Waals surface area (Å²) in [4.78, 5) is 24.9. The zero-order chi connectivity index (χ0) is 12.1. The third kappa shape index (κ3) is 3.37. The second-order valence-corrected chi connectivity index (χ2v) is 4.76. The van der Waals surface area contributed by atoms with Gasteiger partial charge in [-0.05, 0) is 26.7 Å². The molecule has 1 aliphatic heterocycles. The molecule has 0 aromatic rings. The molecule has 1 rings (SSSR count). The molecule has 1 atom stereocenters. The Balaban J connectivity index is 2.39. The summed E-state index contributed by atoms with van der Waals surface area (Å²) in [7, 11) is 0. The number of likely N-dealkylation sites (tertiary alicyclic amines) is 1. The van der Waals surface area contributed by atoms with Gasteiger partial charge in [0.05, 0.1) is 0 Å². The van der Waals surface area contributed by atoms with Crippen LogP contribution < -0.4 is 5.32 Å². The predicted octanol–water partition coefficient (Wildman–Crippen LogP) is 0.988. The zero-order valence-electron chi connectivity index (χ0n) is 9.83. The van der Waals surface area contributed by atoms with Gasteiger partial charge in [-0.2, -0.15) is 0 Å². The number of hydrogen-bond donors (Lipinski definition) is 1. The van der Waals surface area contributed by atoms with Crippen molar-refractivity contribution >= 4 is 23.4 Å². The van der Waals surface area contributed by atoms with E-state index in [1.165, 1.54) is 0 Å². The van der Waals surface area contributed by atoms with Gasteiger partial charge in [-0.1, -0.05) is 0 Å². The van der Waals surface area contributed by atoms with Crippen molar-refractivity contribution in [2.75, 3.05) is 19.6 Å². The molecule has 16 heavy (non-hydrogen) atoms. The fraction of sp³-hybridized carbons (Fsp3) is 0.818. The van der Waals surface area contributed by atoms with Gasteiger partial charge in [0.25, 0.3) is 0 Å². The Morgan fingerprint density at radius 3 is 2.44 bits per heavy atom. The first-order valence-electron chi connectivity index (χ1n) is 5.76. The number of rotatable bonds is 3. The average Bonchev–Trinajstić information content (AvgIpc) is 2.28. The van der Waals surface area contributed by atoms with E-state index in [2.05, 4.69) is 5.32 Å². The van der Waals surface area contributed by atoms with Crippen molar-refractivity contribution < 1.29 is 9.59 Å². The predicted molar refractivity (Wildman–Crippen MR) is 63.3 cm³/mol. The Bertz CT molecular complexity index is 261. The molecule has 0 radical (unpaired) electrons. The topological polar surface area (TPSA) is 49.4 Å². The van der Waals surface area contributed by atoms with Crippen LogP contribution in [0.2, 0.25) is 0 Å². The maximum atomic E-state index is 11.6. The van der Waals surface area contributed by atoms with Crippen LogP contribution in [0.3, 0.4) is 0 Å². The van der Waals surface area contributed by atoms with E-state index in [0.29, 0.717) is 19.6 Å². The zero-order valence-corrected chi connectivity index (χ0v) is 10.6. The van der Waals surface area contributed by atoms with Gasteiger partial charge in [0.15, 0.2) is 0 Å². The van der Waals surface area contributed by atoms with Crippen molar-refractivity contribution in [3.8, 4) is 0 Å². The fourth-order valence-electron chi connectivity index (χ4n) is 1.93. The maximum absolute atomic E-state index is 11.6. The highest BCUT2D eigenvalue weighted by Crippen LogP contribution is 2.18. The van der Waals surface area contributed by atoms with E-state index >= 15 is 0 Å². The van der Waals surface area contributed by atoms with E-state index in [4.69, 9.17) is 11.6 Å². The van der Waals surface area contributed by atoms with E-state index in [0.717, 1.165) is 12.8 Å². The second-order valence-electron chi connectivity index (χ2n) is 4.11. The van der Waals surface area contributed by atoms with E-state index in [1.54, 1.807) is 11.8 Å². The number of hydrogen-bond acceptors (Lipinski definition) is 2. The summed E-state index contributed by atoms with van der Waals surface area (Å²) in [5.41, 5.74) is 0. The summed E-state index contributed by atoms with van der Waals surface area (Å²) >= 11 is 5.74. The van der Waals surface area contributed by atoms with Gasteiger partial charge in [0.1, 0.15) is 5.38 Å². The number of amides is 2. The van der Waals surface area contributed by atoms with Crippen LogP contribution in [-0.4, -0.2) is 41.7 Å². The summed E-state index contributed by atoms with van der Waals surface area (Å²) in [6.45, 7) is 5.53. The molecule has 0 aromatic carbocycles. The molecular weight excluding hydrogens is 228 g/mol. The van der Waals surface area contributed by atoms with Crippen molar-refractivity contribution in [3.05, 3.63) is 0 Å². The van der Waals surface area contributed by atoms with Crippen LogP contribution in [0.25, 0.3) is 0 Å². The minimum atomic E-state index is -0.471. The first kappa shape index (κ1) is 13.3. The van der Waals surface area contributed by atoms with Gasteiger partial charge in [0.2, 0.25) is 11.8 Å². The lowest BCUT2D eigenvalue weighted by Gasteiger charge is -2.31. The number of alkyl halides is 1. The molecule has 1 fully saturated rings. The number of piperidine rings is 1. The lowest BCUT2D eigenvalue weighted by molar-refractivity contribution is -0.135. The van der Waals surface area contributed by atoms with E-state index in [-0.39, 0.29) is 17.7 Å². The summed E-state index contributed by atoms with van der Waals surface area (Å²) in [5.74, 6) is 0.124. The highest BCUT2D eigenvalue weighted by Gasteiger charge is 2.28. The van der Waals surface area contributed by atoms with E-state index in [1.807, 2.05) is 6.92 Å². The SMILES string of the molecule is CCNC(=O)C1CCN(C(=O)C(C)Cl)CC1. The molecule has 92 valence electrons. The molecule has 5 heteroatoms.